The Labute approximate surface area is 143 Å². The summed E-state index contributed by atoms with van der Waals surface area (Å²) >= 11 is 0. The summed E-state index contributed by atoms with van der Waals surface area (Å²) in [6, 6.07) is -0.432. The van der Waals surface area contributed by atoms with E-state index in [1.807, 2.05) is 18.9 Å². The molecule has 24 heavy (non-hydrogen) atoms. The summed E-state index contributed by atoms with van der Waals surface area (Å²) in [7, 11) is 2.04. The fourth-order valence-corrected chi connectivity index (χ4v) is 3.57. The van der Waals surface area contributed by atoms with E-state index in [0.29, 0.717) is 24.7 Å². The largest absolute Gasteiger partial charge is 0.339 e. The Hall–Kier alpha value is -1.89. The molecule has 1 atom stereocenters. The first-order chi connectivity index (χ1) is 11.4. The fourth-order valence-electron chi connectivity index (χ4n) is 3.57. The molecule has 3 heterocycles. The molecule has 0 radical (unpaired) electrons. The van der Waals surface area contributed by atoms with Crippen LogP contribution < -0.4 is 0 Å². The third kappa shape index (κ3) is 3.05. The number of rotatable bonds is 3. The minimum Gasteiger partial charge on any atom is -0.339 e. The van der Waals surface area contributed by atoms with E-state index in [1.54, 1.807) is 4.90 Å². The molecule has 1 saturated heterocycles. The zero-order valence-corrected chi connectivity index (χ0v) is 15.0. The van der Waals surface area contributed by atoms with E-state index in [0.717, 1.165) is 37.3 Å². The van der Waals surface area contributed by atoms with Gasteiger partial charge in [-0.05, 0) is 19.9 Å². The molecule has 0 saturated carbocycles. The molecule has 1 unspecified atom stereocenters. The van der Waals surface area contributed by atoms with E-state index in [1.165, 1.54) is 0 Å². The highest BCUT2D eigenvalue weighted by Crippen LogP contribution is 2.23. The number of nitrogens with zero attached hydrogens (tertiary/aromatic N) is 4. The monoisotopic (exact) mass is 333 g/mol. The van der Waals surface area contributed by atoms with E-state index in [-0.39, 0.29) is 11.8 Å². The molecular formula is C17H27N5O2. The van der Waals surface area contributed by atoms with Gasteiger partial charge in [-0.25, -0.2) is 0 Å². The van der Waals surface area contributed by atoms with E-state index in [2.05, 4.69) is 28.9 Å². The molecule has 0 aliphatic carbocycles. The lowest BCUT2D eigenvalue weighted by Gasteiger charge is -2.39. The van der Waals surface area contributed by atoms with Crippen molar-refractivity contribution in [2.45, 2.75) is 39.8 Å². The molecule has 0 bridgehead atoms. The second-order valence-corrected chi connectivity index (χ2v) is 7.37. The Bertz CT molecular complexity index is 639. The molecule has 1 N–H and O–H groups in total. The molecule has 2 aliphatic rings. The SMILES string of the molecule is CC(C)CN1CCN(C(=O)c2n[nH]c3c2CN(C)CC3)C(C)C1=O. The Morgan fingerprint density at radius 1 is 1.33 bits per heavy atom. The molecule has 1 aromatic heterocycles. The summed E-state index contributed by atoms with van der Waals surface area (Å²) in [6.07, 6.45) is 0.878. The van der Waals surface area contributed by atoms with Gasteiger partial charge >= 0.3 is 0 Å². The topological polar surface area (TPSA) is 72.5 Å². The second-order valence-electron chi connectivity index (χ2n) is 7.37. The summed E-state index contributed by atoms with van der Waals surface area (Å²) in [4.78, 5) is 31.3. The van der Waals surface area contributed by atoms with Crippen LogP contribution >= 0.6 is 0 Å². The summed E-state index contributed by atoms with van der Waals surface area (Å²) in [6.45, 7) is 9.61. The molecule has 0 spiro atoms. The number of carbonyl (C=O) groups is 2. The number of aromatic nitrogens is 2. The number of piperazine rings is 1. The van der Waals surface area contributed by atoms with Crippen molar-refractivity contribution in [2.24, 2.45) is 5.92 Å². The Morgan fingerprint density at radius 2 is 2.08 bits per heavy atom. The highest BCUT2D eigenvalue weighted by Gasteiger charge is 2.37. The first-order valence-electron chi connectivity index (χ1n) is 8.73. The van der Waals surface area contributed by atoms with Gasteiger partial charge in [-0.1, -0.05) is 13.8 Å². The zero-order chi connectivity index (χ0) is 17.4. The molecule has 2 aliphatic heterocycles. The van der Waals surface area contributed by atoms with Crippen molar-refractivity contribution in [3.8, 4) is 0 Å². The maximum absolute atomic E-state index is 13.0. The van der Waals surface area contributed by atoms with Crippen molar-refractivity contribution in [1.82, 2.24) is 24.9 Å². The standard InChI is InChI=1S/C17H27N5O2/c1-11(2)9-21-7-8-22(12(3)16(21)23)17(24)15-13-10-20(4)6-5-14(13)18-19-15/h11-12H,5-10H2,1-4H3,(H,18,19). The lowest BCUT2D eigenvalue weighted by atomic mass is 10.0. The van der Waals surface area contributed by atoms with Crippen LogP contribution in [0.1, 0.15) is 42.5 Å². The van der Waals surface area contributed by atoms with Gasteiger partial charge in [-0.15, -0.1) is 0 Å². The predicted molar refractivity (Wildman–Crippen MR) is 90.5 cm³/mol. The summed E-state index contributed by atoms with van der Waals surface area (Å²) < 4.78 is 0. The van der Waals surface area contributed by atoms with Crippen molar-refractivity contribution in [1.29, 1.82) is 0 Å². The average molecular weight is 333 g/mol. The van der Waals surface area contributed by atoms with E-state index in [9.17, 15) is 9.59 Å². The van der Waals surface area contributed by atoms with Gasteiger partial charge in [0.15, 0.2) is 5.69 Å². The van der Waals surface area contributed by atoms with Crippen LogP contribution in [0, 0.1) is 5.92 Å². The lowest BCUT2D eigenvalue weighted by molar-refractivity contribution is -0.140. The fraction of sp³-hybridized carbons (Fsp3) is 0.706. The molecule has 1 fully saturated rings. The van der Waals surface area contributed by atoms with Crippen LogP contribution in [0.4, 0.5) is 0 Å². The van der Waals surface area contributed by atoms with Crippen molar-refractivity contribution < 1.29 is 9.59 Å². The molecule has 7 heteroatoms. The van der Waals surface area contributed by atoms with Gasteiger partial charge in [0.1, 0.15) is 6.04 Å². The molecule has 0 aromatic carbocycles. The molecular weight excluding hydrogens is 306 g/mol. The third-order valence-electron chi connectivity index (χ3n) is 4.92. The highest BCUT2D eigenvalue weighted by atomic mass is 16.2. The lowest BCUT2D eigenvalue weighted by Crippen LogP contribution is -2.58. The van der Waals surface area contributed by atoms with Gasteiger partial charge in [0.05, 0.1) is 0 Å². The summed E-state index contributed by atoms with van der Waals surface area (Å²) in [5, 5.41) is 7.27. The Balaban J connectivity index is 1.77. The Kier molecular flexibility index (Phi) is 4.62. The summed E-state index contributed by atoms with van der Waals surface area (Å²) in [5.41, 5.74) is 2.51. The van der Waals surface area contributed by atoms with Gasteiger partial charge in [-0.2, -0.15) is 5.10 Å². The van der Waals surface area contributed by atoms with E-state index >= 15 is 0 Å². The number of H-pyrrole nitrogens is 1. The van der Waals surface area contributed by atoms with Gasteiger partial charge < -0.3 is 14.7 Å². The number of likely N-dealkylation sites (N-methyl/N-ethyl adjacent to an activating group) is 1. The van der Waals surface area contributed by atoms with Crippen molar-refractivity contribution in [3.63, 3.8) is 0 Å². The summed E-state index contributed by atoms with van der Waals surface area (Å²) in [5.74, 6) is 0.329. The maximum Gasteiger partial charge on any atom is 0.275 e. The molecule has 2 amide bonds. The average Bonchev–Trinajstić information content (AvgIpc) is 2.94. The number of aromatic amines is 1. The van der Waals surface area contributed by atoms with Crippen molar-refractivity contribution >= 4 is 11.8 Å². The van der Waals surface area contributed by atoms with Gasteiger partial charge in [0.25, 0.3) is 5.91 Å². The molecule has 1 aromatic rings. The number of nitrogens with one attached hydrogen (secondary N) is 1. The maximum atomic E-state index is 13.0. The molecule has 132 valence electrons. The second kappa shape index (κ2) is 6.55. The minimum atomic E-state index is -0.432. The van der Waals surface area contributed by atoms with Gasteiger partial charge in [0.2, 0.25) is 5.91 Å². The van der Waals surface area contributed by atoms with Gasteiger partial charge in [0, 0.05) is 50.4 Å². The van der Waals surface area contributed by atoms with Crippen molar-refractivity contribution in [3.05, 3.63) is 17.0 Å². The number of fused-ring (bicyclic) bond motifs is 1. The first kappa shape index (κ1) is 17.0. The number of amides is 2. The number of carbonyl (C=O) groups excluding carboxylic acids is 2. The van der Waals surface area contributed by atoms with Crippen LogP contribution in [0.15, 0.2) is 0 Å². The zero-order valence-electron chi connectivity index (χ0n) is 15.0. The Morgan fingerprint density at radius 3 is 2.79 bits per heavy atom. The normalized spacial score (nSPS) is 22.2. The smallest absolute Gasteiger partial charge is 0.275 e. The minimum absolute atomic E-state index is 0.0322. The van der Waals surface area contributed by atoms with Crippen LogP contribution in [-0.2, 0) is 17.8 Å². The van der Waals surface area contributed by atoms with E-state index < -0.39 is 6.04 Å². The molecule has 7 nitrogen and oxygen atoms in total. The highest BCUT2D eigenvalue weighted by molar-refractivity contribution is 5.98. The third-order valence-corrected chi connectivity index (χ3v) is 4.92. The quantitative estimate of drug-likeness (QED) is 0.885. The van der Waals surface area contributed by atoms with Crippen LogP contribution in [0.25, 0.3) is 0 Å². The predicted octanol–water partition coefficient (Wildman–Crippen LogP) is 0.727. The number of hydrogen-bond donors (Lipinski definition) is 1. The van der Waals surface area contributed by atoms with Crippen LogP contribution in [0.5, 0.6) is 0 Å². The van der Waals surface area contributed by atoms with Crippen LogP contribution in [-0.4, -0.2) is 76.0 Å². The first-order valence-corrected chi connectivity index (χ1v) is 8.73. The number of hydrogen-bond acceptors (Lipinski definition) is 4. The van der Waals surface area contributed by atoms with Crippen LogP contribution in [0.3, 0.4) is 0 Å². The van der Waals surface area contributed by atoms with Gasteiger partial charge in [-0.3, -0.25) is 14.7 Å². The van der Waals surface area contributed by atoms with Crippen LogP contribution in [0.2, 0.25) is 0 Å². The molecule has 3 rings (SSSR count). The van der Waals surface area contributed by atoms with Crippen molar-refractivity contribution in [2.75, 3.05) is 33.2 Å². The van der Waals surface area contributed by atoms with E-state index in [4.69, 9.17) is 0 Å².